The summed E-state index contributed by atoms with van der Waals surface area (Å²) < 4.78 is 0. The molecule has 0 saturated carbocycles. The Bertz CT molecular complexity index is 987. The molecule has 0 atom stereocenters. The molecule has 0 aliphatic carbocycles. The van der Waals surface area contributed by atoms with Gasteiger partial charge in [0.15, 0.2) is 0 Å². The van der Waals surface area contributed by atoms with E-state index >= 15 is 0 Å². The summed E-state index contributed by atoms with van der Waals surface area (Å²) in [5, 5.41) is 5.05. The largest absolute Gasteiger partial charge is 0.327 e. The van der Waals surface area contributed by atoms with Crippen LogP contribution in [0.15, 0.2) is 60.7 Å². The van der Waals surface area contributed by atoms with Gasteiger partial charge in [0.1, 0.15) is 5.82 Å². The molecule has 0 radical (unpaired) electrons. The number of nitrogens with zero attached hydrogens (tertiary/aromatic N) is 1. The maximum absolute atomic E-state index is 12.2. The topological polar surface area (TPSA) is 71.1 Å². The first kappa shape index (κ1) is 18.9. The number of hydrogen-bond acceptors (Lipinski definition) is 3. The SMILES string of the molecule is Cc1nc(NC(=O)NC(=O)c2c(Cl)cccc2Cl)ccc1-c1ccccc1. The van der Waals surface area contributed by atoms with Crippen LogP contribution < -0.4 is 10.6 Å². The fraction of sp³-hybridized carbons (Fsp3) is 0.0500. The summed E-state index contributed by atoms with van der Waals surface area (Å²) in [6.07, 6.45) is 0. The highest BCUT2D eigenvalue weighted by atomic mass is 35.5. The molecule has 2 aromatic carbocycles. The Morgan fingerprint density at radius 3 is 2.19 bits per heavy atom. The van der Waals surface area contributed by atoms with Gasteiger partial charge < -0.3 is 0 Å². The lowest BCUT2D eigenvalue weighted by Gasteiger charge is -2.10. The Morgan fingerprint density at radius 2 is 1.56 bits per heavy atom. The van der Waals surface area contributed by atoms with Gasteiger partial charge in [-0.25, -0.2) is 9.78 Å². The molecule has 1 aromatic heterocycles. The number of nitrogens with one attached hydrogen (secondary N) is 2. The molecule has 0 unspecified atom stereocenters. The van der Waals surface area contributed by atoms with E-state index in [2.05, 4.69) is 15.6 Å². The minimum atomic E-state index is -0.727. The van der Waals surface area contributed by atoms with Crippen molar-refractivity contribution in [3.63, 3.8) is 0 Å². The number of amides is 3. The van der Waals surface area contributed by atoms with Crippen molar-refractivity contribution >= 4 is 41.0 Å². The Morgan fingerprint density at radius 1 is 0.889 bits per heavy atom. The molecule has 0 fully saturated rings. The predicted molar refractivity (Wildman–Crippen MR) is 107 cm³/mol. The second-order valence-electron chi connectivity index (χ2n) is 5.70. The molecule has 1 heterocycles. The number of aromatic nitrogens is 1. The fourth-order valence-corrected chi connectivity index (χ4v) is 3.15. The van der Waals surface area contributed by atoms with Gasteiger partial charge in [0, 0.05) is 11.3 Å². The summed E-state index contributed by atoms with van der Waals surface area (Å²) in [7, 11) is 0. The van der Waals surface area contributed by atoms with Gasteiger partial charge >= 0.3 is 6.03 Å². The van der Waals surface area contributed by atoms with Crippen LogP contribution >= 0.6 is 23.2 Å². The molecule has 0 aliphatic heterocycles. The van der Waals surface area contributed by atoms with E-state index in [-0.39, 0.29) is 15.6 Å². The lowest BCUT2D eigenvalue weighted by molar-refractivity contribution is 0.0967. The molecule has 27 heavy (non-hydrogen) atoms. The Hall–Kier alpha value is -2.89. The molecule has 0 saturated heterocycles. The van der Waals surface area contributed by atoms with Crippen molar-refractivity contribution in [3.05, 3.63) is 82.0 Å². The van der Waals surface area contributed by atoms with Gasteiger partial charge in [-0.05, 0) is 36.8 Å². The Kier molecular flexibility index (Phi) is 5.74. The van der Waals surface area contributed by atoms with Crippen molar-refractivity contribution in [2.24, 2.45) is 0 Å². The Labute approximate surface area is 166 Å². The number of benzene rings is 2. The smallest absolute Gasteiger partial charge is 0.292 e. The summed E-state index contributed by atoms with van der Waals surface area (Å²) in [6, 6.07) is 17.3. The highest BCUT2D eigenvalue weighted by Crippen LogP contribution is 2.25. The van der Waals surface area contributed by atoms with Crippen molar-refractivity contribution in [2.75, 3.05) is 5.32 Å². The molecule has 5 nitrogen and oxygen atoms in total. The molecular weight excluding hydrogens is 385 g/mol. The number of anilines is 1. The quantitative estimate of drug-likeness (QED) is 0.625. The zero-order valence-electron chi connectivity index (χ0n) is 14.3. The van der Waals surface area contributed by atoms with Crippen LogP contribution in [-0.2, 0) is 0 Å². The second kappa shape index (κ2) is 8.20. The number of carbonyl (C=O) groups excluding carboxylic acids is 2. The zero-order valence-corrected chi connectivity index (χ0v) is 15.8. The first-order valence-electron chi connectivity index (χ1n) is 8.05. The normalized spacial score (nSPS) is 10.3. The maximum Gasteiger partial charge on any atom is 0.327 e. The number of rotatable bonds is 3. The molecule has 136 valence electrons. The third kappa shape index (κ3) is 4.45. The summed E-state index contributed by atoms with van der Waals surface area (Å²) in [5.41, 5.74) is 2.78. The van der Waals surface area contributed by atoms with Crippen LogP contribution in [-0.4, -0.2) is 16.9 Å². The van der Waals surface area contributed by atoms with Crippen LogP contribution in [0.4, 0.5) is 10.6 Å². The first-order chi connectivity index (χ1) is 13.0. The van der Waals surface area contributed by atoms with Crippen LogP contribution in [0.5, 0.6) is 0 Å². The average Bonchev–Trinajstić information content (AvgIpc) is 2.62. The van der Waals surface area contributed by atoms with Crippen molar-refractivity contribution in [1.82, 2.24) is 10.3 Å². The van der Waals surface area contributed by atoms with E-state index < -0.39 is 11.9 Å². The number of carbonyl (C=O) groups is 2. The molecular formula is C20H15Cl2N3O2. The van der Waals surface area contributed by atoms with Crippen LogP contribution in [0.2, 0.25) is 10.0 Å². The van der Waals surface area contributed by atoms with Crippen molar-refractivity contribution in [1.29, 1.82) is 0 Å². The van der Waals surface area contributed by atoms with Crippen LogP contribution in [0.3, 0.4) is 0 Å². The van der Waals surface area contributed by atoms with E-state index in [0.717, 1.165) is 16.8 Å². The predicted octanol–water partition coefficient (Wildman–Crippen LogP) is 5.33. The molecule has 3 rings (SSSR count). The van der Waals surface area contributed by atoms with Gasteiger partial charge in [-0.3, -0.25) is 15.4 Å². The highest BCUT2D eigenvalue weighted by Gasteiger charge is 2.17. The van der Waals surface area contributed by atoms with Crippen LogP contribution in [0.1, 0.15) is 16.1 Å². The molecule has 0 aliphatic rings. The molecule has 7 heteroatoms. The molecule has 0 bridgehead atoms. The summed E-state index contributed by atoms with van der Waals surface area (Å²) in [6.45, 7) is 1.85. The van der Waals surface area contributed by atoms with Gasteiger partial charge in [0.05, 0.1) is 15.6 Å². The van der Waals surface area contributed by atoms with Gasteiger partial charge in [-0.2, -0.15) is 0 Å². The van der Waals surface area contributed by atoms with Crippen molar-refractivity contribution in [3.8, 4) is 11.1 Å². The third-order valence-corrected chi connectivity index (χ3v) is 4.46. The summed E-state index contributed by atoms with van der Waals surface area (Å²) >= 11 is 12.0. The lowest BCUT2D eigenvalue weighted by Crippen LogP contribution is -2.35. The minimum absolute atomic E-state index is 0.0412. The van der Waals surface area contributed by atoms with E-state index in [0.29, 0.717) is 5.82 Å². The van der Waals surface area contributed by atoms with E-state index in [4.69, 9.17) is 23.2 Å². The van der Waals surface area contributed by atoms with Gasteiger partial charge in [-0.15, -0.1) is 0 Å². The first-order valence-corrected chi connectivity index (χ1v) is 8.80. The van der Waals surface area contributed by atoms with Crippen LogP contribution in [0.25, 0.3) is 11.1 Å². The fourth-order valence-electron chi connectivity index (χ4n) is 2.58. The molecule has 0 spiro atoms. The number of pyridine rings is 1. The highest BCUT2D eigenvalue weighted by molar-refractivity contribution is 6.40. The standard InChI is InChI=1S/C20H15Cl2N3O2/c1-12-14(13-6-3-2-4-7-13)10-11-17(23-12)24-20(27)25-19(26)18-15(21)8-5-9-16(18)22/h2-11H,1H3,(H2,23,24,25,26,27). The number of hydrogen-bond donors (Lipinski definition) is 2. The van der Waals surface area contributed by atoms with E-state index in [1.807, 2.05) is 43.3 Å². The van der Waals surface area contributed by atoms with Crippen molar-refractivity contribution < 1.29 is 9.59 Å². The summed E-state index contributed by atoms with van der Waals surface area (Å²) in [5.74, 6) is -0.372. The second-order valence-corrected chi connectivity index (χ2v) is 6.51. The summed E-state index contributed by atoms with van der Waals surface area (Å²) in [4.78, 5) is 28.7. The number of imide groups is 1. The Balaban J connectivity index is 1.71. The molecule has 3 amide bonds. The van der Waals surface area contributed by atoms with E-state index in [9.17, 15) is 9.59 Å². The van der Waals surface area contributed by atoms with E-state index in [1.54, 1.807) is 12.1 Å². The number of halogens is 2. The minimum Gasteiger partial charge on any atom is -0.292 e. The molecule has 3 aromatic rings. The van der Waals surface area contributed by atoms with Crippen LogP contribution in [0, 0.1) is 6.92 Å². The van der Waals surface area contributed by atoms with Gasteiger partial charge in [0.25, 0.3) is 5.91 Å². The lowest BCUT2D eigenvalue weighted by atomic mass is 10.0. The maximum atomic E-state index is 12.2. The number of aryl methyl sites for hydroxylation is 1. The average molecular weight is 400 g/mol. The van der Waals surface area contributed by atoms with E-state index in [1.165, 1.54) is 12.1 Å². The van der Waals surface area contributed by atoms with Gasteiger partial charge in [0.2, 0.25) is 0 Å². The molecule has 2 N–H and O–H groups in total. The van der Waals surface area contributed by atoms with Crippen molar-refractivity contribution in [2.45, 2.75) is 6.92 Å². The monoisotopic (exact) mass is 399 g/mol. The zero-order chi connectivity index (χ0) is 19.4. The van der Waals surface area contributed by atoms with Gasteiger partial charge in [-0.1, -0.05) is 59.6 Å². The third-order valence-electron chi connectivity index (χ3n) is 3.83. The number of urea groups is 1.